The van der Waals surface area contributed by atoms with Gasteiger partial charge in [0.05, 0.1) is 3.57 Å². The first-order valence-corrected chi connectivity index (χ1v) is 6.12. The van der Waals surface area contributed by atoms with Gasteiger partial charge in [-0.2, -0.15) is 0 Å². The Bertz CT molecular complexity index is 442. The largest absolute Gasteiger partial charge is 0.356 e. The molecule has 1 N–H and O–H groups in total. The number of hydrogen-bond acceptors (Lipinski definition) is 3. The molecule has 0 spiro atoms. The van der Waals surface area contributed by atoms with Gasteiger partial charge in [0.1, 0.15) is 5.82 Å². The predicted octanol–water partition coefficient (Wildman–Crippen LogP) is 0.683. The number of aryl methyl sites for hydroxylation is 1. The highest BCUT2D eigenvalue weighted by Gasteiger charge is 2.07. The molecule has 0 aromatic carbocycles. The van der Waals surface area contributed by atoms with Gasteiger partial charge in [0.25, 0.3) is 5.56 Å². The molecule has 0 aliphatic rings. The first-order valence-electron chi connectivity index (χ1n) is 5.05. The van der Waals surface area contributed by atoms with Gasteiger partial charge in [-0.1, -0.05) is 0 Å². The predicted molar refractivity (Wildman–Crippen MR) is 69.3 cm³/mol. The fraction of sp³-hybridized carbons (Fsp3) is 0.500. The fourth-order valence-electron chi connectivity index (χ4n) is 1.31. The third kappa shape index (κ3) is 3.29. The number of nitrogens with one attached hydrogen (secondary N) is 1. The van der Waals surface area contributed by atoms with Crippen LogP contribution in [0.25, 0.3) is 0 Å². The molecule has 0 atom stereocenters. The molecule has 0 aliphatic heterocycles. The second kappa shape index (κ2) is 5.97. The molecule has 1 aromatic rings. The molecule has 0 unspecified atom stereocenters. The van der Waals surface area contributed by atoms with Crippen LogP contribution in [0, 0.1) is 10.5 Å². The van der Waals surface area contributed by atoms with E-state index in [-0.39, 0.29) is 11.5 Å². The Labute approximate surface area is 107 Å². The molecule has 0 saturated heterocycles. The standard InChI is InChI=1S/C10H14IN3O2/c1-3-12-9(15)4-5-14-7(2)13-6-8(11)10(14)16/h6H,3-5H2,1-2H3,(H,12,15). The minimum atomic E-state index is -0.0857. The zero-order chi connectivity index (χ0) is 12.1. The number of halogens is 1. The van der Waals surface area contributed by atoms with Gasteiger partial charge in [-0.15, -0.1) is 0 Å². The molecular weight excluding hydrogens is 321 g/mol. The lowest BCUT2D eigenvalue weighted by atomic mass is 10.3. The van der Waals surface area contributed by atoms with Crippen LogP contribution in [0.5, 0.6) is 0 Å². The van der Waals surface area contributed by atoms with Gasteiger partial charge in [-0.3, -0.25) is 14.2 Å². The number of amides is 1. The van der Waals surface area contributed by atoms with Gasteiger partial charge < -0.3 is 5.32 Å². The van der Waals surface area contributed by atoms with E-state index < -0.39 is 0 Å². The first kappa shape index (κ1) is 13.1. The molecule has 5 nitrogen and oxygen atoms in total. The van der Waals surface area contributed by atoms with E-state index in [1.54, 1.807) is 13.1 Å². The van der Waals surface area contributed by atoms with Crippen LogP contribution in [0.15, 0.2) is 11.0 Å². The van der Waals surface area contributed by atoms with E-state index in [1.165, 1.54) is 4.57 Å². The summed E-state index contributed by atoms with van der Waals surface area (Å²) < 4.78 is 2.09. The van der Waals surface area contributed by atoms with Crippen LogP contribution in [0.1, 0.15) is 19.2 Å². The molecule has 0 saturated carbocycles. The summed E-state index contributed by atoms with van der Waals surface area (Å²) >= 11 is 1.94. The van der Waals surface area contributed by atoms with Crippen LogP contribution in [-0.4, -0.2) is 22.0 Å². The number of carbonyl (C=O) groups excluding carboxylic acids is 1. The summed E-state index contributed by atoms with van der Waals surface area (Å²) in [4.78, 5) is 27.1. The van der Waals surface area contributed by atoms with E-state index in [2.05, 4.69) is 10.3 Å². The maximum Gasteiger partial charge on any atom is 0.266 e. The van der Waals surface area contributed by atoms with Crippen molar-refractivity contribution in [3.63, 3.8) is 0 Å². The molecule has 0 bridgehead atoms. The Balaban J connectivity index is 2.78. The summed E-state index contributed by atoms with van der Waals surface area (Å²) in [6, 6.07) is 0. The van der Waals surface area contributed by atoms with Crippen molar-refractivity contribution >= 4 is 28.5 Å². The molecule has 88 valence electrons. The van der Waals surface area contributed by atoms with E-state index in [0.717, 1.165) is 0 Å². The van der Waals surface area contributed by atoms with Crippen molar-refractivity contribution in [2.75, 3.05) is 6.54 Å². The summed E-state index contributed by atoms with van der Waals surface area (Å²) in [6.07, 6.45) is 1.84. The topological polar surface area (TPSA) is 64.0 Å². The molecule has 0 fully saturated rings. The highest BCUT2D eigenvalue weighted by Crippen LogP contribution is 1.98. The van der Waals surface area contributed by atoms with Gasteiger partial charge in [-0.25, -0.2) is 4.98 Å². The Morgan fingerprint density at radius 1 is 1.62 bits per heavy atom. The second-order valence-electron chi connectivity index (χ2n) is 3.31. The van der Waals surface area contributed by atoms with Crippen molar-refractivity contribution in [3.05, 3.63) is 25.9 Å². The lowest BCUT2D eigenvalue weighted by Crippen LogP contribution is -2.29. The van der Waals surface area contributed by atoms with Crippen molar-refractivity contribution < 1.29 is 4.79 Å². The number of aromatic nitrogens is 2. The third-order valence-electron chi connectivity index (χ3n) is 2.14. The number of carbonyl (C=O) groups is 1. The number of hydrogen-bond donors (Lipinski definition) is 1. The van der Waals surface area contributed by atoms with Crippen LogP contribution in [0.4, 0.5) is 0 Å². The fourth-order valence-corrected chi connectivity index (χ4v) is 1.74. The van der Waals surface area contributed by atoms with Crippen LogP contribution >= 0.6 is 22.6 Å². The summed E-state index contributed by atoms with van der Waals surface area (Å²) in [5.74, 6) is 0.586. The third-order valence-corrected chi connectivity index (χ3v) is 2.88. The van der Waals surface area contributed by atoms with Gasteiger partial charge in [0, 0.05) is 25.7 Å². The zero-order valence-electron chi connectivity index (χ0n) is 9.29. The normalized spacial score (nSPS) is 10.2. The molecule has 0 radical (unpaired) electrons. The van der Waals surface area contributed by atoms with E-state index in [0.29, 0.717) is 28.9 Å². The average molecular weight is 335 g/mol. The van der Waals surface area contributed by atoms with Crippen molar-refractivity contribution in [1.82, 2.24) is 14.9 Å². The highest BCUT2D eigenvalue weighted by molar-refractivity contribution is 14.1. The van der Waals surface area contributed by atoms with E-state index in [1.807, 2.05) is 29.5 Å². The highest BCUT2D eigenvalue weighted by atomic mass is 127. The van der Waals surface area contributed by atoms with E-state index in [4.69, 9.17) is 0 Å². The summed E-state index contributed by atoms with van der Waals surface area (Å²) in [5.41, 5.74) is -0.0857. The average Bonchev–Trinajstić information content (AvgIpc) is 2.24. The minimum absolute atomic E-state index is 0.0485. The van der Waals surface area contributed by atoms with Crippen LogP contribution in [-0.2, 0) is 11.3 Å². The van der Waals surface area contributed by atoms with Crippen LogP contribution < -0.4 is 10.9 Å². The summed E-state index contributed by atoms with van der Waals surface area (Å²) in [5, 5.41) is 2.69. The Morgan fingerprint density at radius 2 is 2.31 bits per heavy atom. The van der Waals surface area contributed by atoms with Crippen LogP contribution in [0.3, 0.4) is 0 Å². The molecule has 1 rings (SSSR count). The summed E-state index contributed by atoms with van der Waals surface area (Å²) in [7, 11) is 0. The lowest BCUT2D eigenvalue weighted by Gasteiger charge is -2.08. The monoisotopic (exact) mass is 335 g/mol. The second-order valence-corrected chi connectivity index (χ2v) is 4.48. The molecule has 16 heavy (non-hydrogen) atoms. The molecule has 1 amide bonds. The van der Waals surface area contributed by atoms with E-state index >= 15 is 0 Å². The molecule has 1 aromatic heterocycles. The quantitative estimate of drug-likeness (QED) is 0.824. The van der Waals surface area contributed by atoms with Gasteiger partial charge in [0.2, 0.25) is 5.91 Å². The van der Waals surface area contributed by atoms with E-state index in [9.17, 15) is 9.59 Å². The summed E-state index contributed by atoms with van der Waals surface area (Å²) in [6.45, 7) is 4.61. The van der Waals surface area contributed by atoms with Crippen molar-refractivity contribution in [2.45, 2.75) is 26.8 Å². The molecule has 1 heterocycles. The Kier molecular flexibility index (Phi) is 4.91. The number of nitrogens with zero attached hydrogens (tertiary/aromatic N) is 2. The van der Waals surface area contributed by atoms with Gasteiger partial charge >= 0.3 is 0 Å². The van der Waals surface area contributed by atoms with Crippen molar-refractivity contribution in [2.24, 2.45) is 0 Å². The SMILES string of the molecule is CCNC(=O)CCn1c(C)ncc(I)c1=O. The van der Waals surface area contributed by atoms with Crippen molar-refractivity contribution in [3.8, 4) is 0 Å². The zero-order valence-corrected chi connectivity index (χ0v) is 11.4. The maximum absolute atomic E-state index is 11.7. The van der Waals surface area contributed by atoms with Gasteiger partial charge in [-0.05, 0) is 36.4 Å². The smallest absolute Gasteiger partial charge is 0.266 e. The van der Waals surface area contributed by atoms with Crippen LogP contribution in [0.2, 0.25) is 0 Å². The van der Waals surface area contributed by atoms with Crippen molar-refractivity contribution in [1.29, 1.82) is 0 Å². The Hall–Kier alpha value is -0.920. The lowest BCUT2D eigenvalue weighted by molar-refractivity contribution is -0.121. The molecule has 6 heteroatoms. The first-order chi connectivity index (χ1) is 7.56. The number of rotatable bonds is 4. The minimum Gasteiger partial charge on any atom is -0.356 e. The molecular formula is C10H14IN3O2. The molecule has 0 aliphatic carbocycles. The van der Waals surface area contributed by atoms with Gasteiger partial charge in [0.15, 0.2) is 0 Å². The maximum atomic E-state index is 11.7. The Morgan fingerprint density at radius 3 is 2.94 bits per heavy atom.